The molecule has 4 rings (SSSR count). The Bertz CT molecular complexity index is 644. The lowest BCUT2D eigenvalue weighted by Crippen LogP contribution is -2.43. The van der Waals surface area contributed by atoms with Gasteiger partial charge in [-0.1, -0.05) is 6.92 Å². The van der Waals surface area contributed by atoms with Gasteiger partial charge in [-0.2, -0.15) is 0 Å². The summed E-state index contributed by atoms with van der Waals surface area (Å²) in [5.41, 5.74) is 3.15. The maximum Gasteiger partial charge on any atom is 0.150 e. The molecule has 4 nitrogen and oxygen atoms in total. The molecule has 3 aliphatic rings. The molecule has 2 fully saturated rings. The Morgan fingerprint density at radius 2 is 2.09 bits per heavy atom. The molecule has 0 spiro atoms. The SMILES string of the molecule is COc1cc2c(cc1N=O)CCC1C2CCC2(C)C(O)CCC12. The Labute approximate surface area is 137 Å². The number of rotatable bonds is 2. The van der Waals surface area contributed by atoms with Crippen LogP contribution in [0.25, 0.3) is 0 Å². The molecule has 2 saturated carbocycles. The van der Waals surface area contributed by atoms with Crippen LogP contribution in [0.2, 0.25) is 0 Å². The van der Waals surface area contributed by atoms with E-state index in [4.69, 9.17) is 4.74 Å². The summed E-state index contributed by atoms with van der Waals surface area (Å²) in [5.74, 6) is 2.41. The van der Waals surface area contributed by atoms with Crippen LogP contribution in [-0.4, -0.2) is 18.3 Å². The minimum Gasteiger partial charge on any atom is -0.494 e. The van der Waals surface area contributed by atoms with E-state index in [1.165, 1.54) is 11.1 Å². The molecule has 0 heterocycles. The van der Waals surface area contributed by atoms with Crippen LogP contribution in [0.1, 0.15) is 56.1 Å². The third-order valence-electron chi connectivity index (χ3n) is 7.07. The van der Waals surface area contributed by atoms with Crippen LogP contribution in [0.15, 0.2) is 17.3 Å². The maximum absolute atomic E-state index is 11.0. The van der Waals surface area contributed by atoms with Crippen molar-refractivity contribution in [1.29, 1.82) is 0 Å². The molecule has 5 atom stereocenters. The summed E-state index contributed by atoms with van der Waals surface area (Å²) in [6.07, 6.45) is 6.36. The van der Waals surface area contributed by atoms with Crippen molar-refractivity contribution < 1.29 is 9.84 Å². The van der Waals surface area contributed by atoms with Crippen LogP contribution in [0, 0.1) is 22.2 Å². The fourth-order valence-electron chi connectivity index (χ4n) is 5.79. The van der Waals surface area contributed by atoms with Gasteiger partial charge in [-0.15, -0.1) is 4.91 Å². The van der Waals surface area contributed by atoms with Crippen LogP contribution < -0.4 is 4.74 Å². The lowest BCUT2D eigenvalue weighted by atomic mass is 9.55. The molecule has 0 amide bonds. The first-order valence-electron chi connectivity index (χ1n) is 8.80. The molecule has 5 unspecified atom stereocenters. The predicted octanol–water partition coefficient (Wildman–Crippen LogP) is 4.31. The van der Waals surface area contributed by atoms with Crippen molar-refractivity contribution in [2.24, 2.45) is 22.4 Å². The first-order valence-corrected chi connectivity index (χ1v) is 8.80. The summed E-state index contributed by atoms with van der Waals surface area (Å²) in [7, 11) is 1.60. The molecule has 0 aliphatic heterocycles. The van der Waals surface area contributed by atoms with Gasteiger partial charge in [0.1, 0.15) is 11.4 Å². The molecule has 0 aromatic heterocycles. The average Bonchev–Trinajstić information content (AvgIpc) is 2.88. The number of hydrogen-bond acceptors (Lipinski definition) is 4. The van der Waals surface area contributed by atoms with Gasteiger partial charge in [0, 0.05) is 0 Å². The fourth-order valence-corrected chi connectivity index (χ4v) is 5.79. The highest BCUT2D eigenvalue weighted by Gasteiger charge is 2.54. The molecular weight excluding hydrogens is 290 g/mol. The summed E-state index contributed by atoms with van der Waals surface area (Å²) < 4.78 is 5.37. The minimum atomic E-state index is -0.133. The van der Waals surface area contributed by atoms with E-state index in [9.17, 15) is 10.0 Å². The highest BCUT2D eigenvalue weighted by Crippen LogP contribution is 2.61. The summed E-state index contributed by atoms with van der Waals surface area (Å²) in [6, 6.07) is 3.98. The molecule has 0 bridgehead atoms. The van der Waals surface area contributed by atoms with Gasteiger partial charge in [0.15, 0.2) is 0 Å². The van der Waals surface area contributed by atoms with Gasteiger partial charge in [0.25, 0.3) is 0 Å². The lowest BCUT2D eigenvalue weighted by Gasteiger charge is -2.50. The molecule has 1 aromatic carbocycles. The Kier molecular flexibility index (Phi) is 3.49. The predicted molar refractivity (Wildman–Crippen MR) is 89.1 cm³/mol. The number of nitroso groups, excluding NO2 is 1. The number of methoxy groups -OCH3 is 1. The number of ether oxygens (including phenoxy) is 1. The second-order valence-corrected chi connectivity index (χ2v) is 7.87. The van der Waals surface area contributed by atoms with E-state index < -0.39 is 0 Å². The highest BCUT2D eigenvalue weighted by atomic mass is 16.5. The van der Waals surface area contributed by atoms with E-state index >= 15 is 0 Å². The summed E-state index contributed by atoms with van der Waals surface area (Å²) in [5, 5.41) is 13.6. The van der Waals surface area contributed by atoms with Crippen LogP contribution in [0.4, 0.5) is 5.69 Å². The summed E-state index contributed by atoms with van der Waals surface area (Å²) in [6.45, 7) is 2.29. The molecule has 0 radical (unpaired) electrons. The van der Waals surface area contributed by atoms with Crippen molar-refractivity contribution in [1.82, 2.24) is 0 Å². The molecular formula is C19H25NO3. The van der Waals surface area contributed by atoms with Crippen LogP contribution in [0.5, 0.6) is 5.75 Å². The molecule has 3 aliphatic carbocycles. The zero-order valence-electron chi connectivity index (χ0n) is 13.9. The number of fused-ring (bicyclic) bond motifs is 5. The van der Waals surface area contributed by atoms with E-state index in [2.05, 4.69) is 18.2 Å². The number of nitrogens with zero attached hydrogens (tertiary/aromatic N) is 1. The Morgan fingerprint density at radius 1 is 1.26 bits per heavy atom. The molecule has 1 aromatic rings. The molecule has 4 heteroatoms. The van der Waals surface area contributed by atoms with E-state index in [1.54, 1.807) is 7.11 Å². The maximum atomic E-state index is 11.0. The fraction of sp³-hybridized carbons (Fsp3) is 0.684. The van der Waals surface area contributed by atoms with Crippen LogP contribution in [0.3, 0.4) is 0 Å². The van der Waals surface area contributed by atoms with Gasteiger partial charge < -0.3 is 9.84 Å². The first kappa shape index (κ1) is 15.1. The van der Waals surface area contributed by atoms with Gasteiger partial charge in [-0.05, 0) is 90.1 Å². The largest absolute Gasteiger partial charge is 0.494 e. The van der Waals surface area contributed by atoms with Crippen LogP contribution in [-0.2, 0) is 6.42 Å². The second kappa shape index (κ2) is 5.30. The molecule has 124 valence electrons. The highest BCUT2D eigenvalue weighted by molar-refractivity contribution is 5.57. The molecule has 0 saturated heterocycles. The van der Waals surface area contributed by atoms with Crippen molar-refractivity contribution in [2.75, 3.05) is 7.11 Å². The zero-order valence-corrected chi connectivity index (χ0v) is 13.9. The van der Waals surface area contributed by atoms with E-state index in [0.29, 0.717) is 29.2 Å². The van der Waals surface area contributed by atoms with Crippen molar-refractivity contribution in [3.8, 4) is 5.75 Å². The number of aliphatic hydroxyl groups excluding tert-OH is 1. The van der Waals surface area contributed by atoms with Crippen molar-refractivity contribution in [3.05, 3.63) is 28.2 Å². The topological polar surface area (TPSA) is 58.9 Å². The third kappa shape index (κ3) is 2.07. The molecule has 23 heavy (non-hydrogen) atoms. The number of aliphatic hydroxyl groups is 1. The van der Waals surface area contributed by atoms with Gasteiger partial charge >= 0.3 is 0 Å². The van der Waals surface area contributed by atoms with Crippen molar-refractivity contribution >= 4 is 5.69 Å². The van der Waals surface area contributed by atoms with E-state index in [-0.39, 0.29) is 11.5 Å². The van der Waals surface area contributed by atoms with Gasteiger partial charge in [-0.25, -0.2) is 0 Å². The number of benzene rings is 1. The Balaban J connectivity index is 1.73. The average molecular weight is 315 g/mol. The van der Waals surface area contributed by atoms with Gasteiger partial charge in [0.05, 0.1) is 13.2 Å². The first-order chi connectivity index (χ1) is 11.1. The van der Waals surface area contributed by atoms with Gasteiger partial charge in [-0.3, -0.25) is 0 Å². The smallest absolute Gasteiger partial charge is 0.150 e. The quantitative estimate of drug-likeness (QED) is 0.827. The number of aryl methyl sites for hydroxylation is 1. The van der Waals surface area contributed by atoms with Gasteiger partial charge in [0.2, 0.25) is 0 Å². The summed E-state index contributed by atoms with van der Waals surface area (Å²) >= 11 is 0. The van der Waals surface area contributed by atoms with Crippen LogP contribution >= 0.6 is 0 Å². The third-order valence-corrected chi connectivity index (χ3v) is 7.07. The minimum absolute atomic E-state index is 0.104. The normalized spacial score (nSPS) is 38.4. The molecule has 1 N–H and O–H groups in total. The summed E-state index contributed by atoms with van der Waals surface area (Å²) in [4.78, 5) is 11.0. The van der Waals surface area contributed by atoms with E-state index in [1.807, 2.05) is 6.07 Å². The lowest BCUT2D eigenvalue weighted by molar-refractivity contribution is -0.0226. The Hall–Kier alpha value is -1.42. The Morgan fingerprint density at radius 3 is 2.83 bits per heavy atom. The zero-order chi connectivity index (χ0) is 16.2. The van der Waals surface area contributed by atoms with Crippen molar-refractivity contribution in [2.45, 2.75) is 57.5 Å². The number of hydrogen-bond donors (Lipinski definition) is 1. The van der Waals surface area contributed by atoms with Crippen molar-refractivity contribution in [3.63, 3.8) is 0 Å². The van der Waals surface area contributed by atoms with E-state index in [0.717, 1.165) is 38.5 Å². The standard InChI is InChI=1S/C19H25NO3/c1-19-8-7-12-13(15(19)5-6-18(19)21)4-3-11-9-16(20-22)17(23-2)10-14(11)12/h9-10,12-13,15,18,21H,3-8H2,1-2H3. The monoisotopic (exact) mass is 315 g/mol. The second-order valence-electron chi connectivity index (χ2n) is 7.87.